The Bertz CT molecular complexity index is 189. The van der Waals surface area contributed by atoms with E-state index in [9.17, 15) is 0 Å². The van der Waals surface area contributed by atoms with Crippen LogP contribution in [-0.2, 0) is 0 Å². The molecule has 1 N–H and O–H groups in total. The van der Waals surface area contributed by atoms with Gasteiger partial charge in [-0.05, 0) is 18.2 Å². The molecule has 0 aliphatic carbocycles. The lowest BCUT2D eigenvalue weighted by Crippen LogP contribution is -2.52. The first kappa shape index (κ1) is 14.4. The zero-order chi connectivity index (χ0) is 11.7. The number of hydrogen-bond donors (Lipinski definition) is 1. The van der Waals surface area contributed by atoms with Crippen molar-refractivity contribution in [1.82, 2.24) is 0 Å². The van der Waals surface area contributed by atoms with E-state index in [4.69, 9.17) is 16.7 Å². The van der Waals surface area contributed by atoms with Gasteiger partial charge >= 0.3 is 0 Å². The first-order valence-corrected chi connectivity index (χ1v) is 5.50. The maximum absolute atomic E-state index is 8.98. The molecule has 0 bridgehead atoms. The number of aliphatic hydroxyl groups excluding tert-OH is 1. The molecule has 0 aliphatic heterocycles. The van der Waals surface area contributed by atoms with Crippen molar-refractivity contribution in [2.24, 2.45) is 0 Å². The third kappa shape index (κ3) is 5.17. The molecule has 0 aromatic rings. The van der Waals surface area contributed by atoms with Gasteiger partial charge in [0.15, 0.2) is 0 Å². The van der Waals surface area contributed by atoms with E-state index in [1.165, 1.54) is 0 Å². The fourth-order valence-electron chi connectivity index (χ4n) is 1.75. The van der Waals surface area contributed by atoms with Crippen LogP contribution in [0.15, 0.2) is 38.0 Å². The van der Waals surface area contributed by atoms with E-state index in [1.807, 2.05) is 18.2 Å². The normalized spacial score (nSPS) is 13.2. The van der Waals surface area contributed by atoms with E-state index in [-0.39, 0.29) is 12.0 Å². The lowest BCUT2D eigenvalue weighted by molar-refractivity contribution is -0.911. The topological polar surface area (TPSA) is 20.2 Å². The van der Waals surface area contributed by atoms with Gasteiger partial charge in [0.25, 0.3) is 0 Å². The van der Waals surface area contributed by atoms with Crippen LogP contribution in [0.2, 0.25) is 0 Å². The summed E-state index contributed by atoms with van der Waals surface area (Å²) in [7, 11) is 0. The van der Waals surface area contributed by atoms with Gasteiger partial charge in [0.2, 0.25) is 0 Å². The van der Waals surface area contributed by atoms with Crippen LogP contribution in [0.4, 0.5) is 0 Å². The zero-order valence-electron chi connectivity index (χ0n) is 9.24. The summed E-state index contributed by atoms with van der Waals surface area (Å²) >= 11 is 5.99. The molecule has 0 aromatic heterocycles. The highest BCUT2D eigenvalue weighted by Crippen LogP contribution is 2.12. The van der Waals surface area contributed by atoms with Crippen molar-refractivity contribution in [1.29, 1.82) is 0 Å². The second kappa shape index (κ2) is 7.69. The second-order valence-electron chi connectivity index (χ2n) is 3.72. The van der Waals surface area contributed by atoms with Gasteiger partial charge in [-0.25, -0.2) is 0 Å². The quantitative estimate of drug-likeness (QED) is 0.365. The standard InChI is InChI=1S/C12H21ClNO/c1-4-7-14(8-5-2,9-6-3)10-12(13)11-15/h4-6,12,15H,1-3,7-11H2/q+1. The molecule has 3 heteroatoms. The summed E-state index contributed by atoms with van der Waals surface area (Å²) in [5.74, 6) is 0. The fraction of sp³-hybridized carbons (Fsp3) is 0.500. The van der Waals surface area contributed by atoms with Crippen molar-refractivity contribution in [3.63, 3.8) is 0 Å². The van der Waals surface area contributed by atoms with E-state index < -0.39 is 0 Å². The second-order valence-corrected chi connectivity index (χ2v) is 4.34. The Morgan fingerprint density at radius 3 is 1.73 bits per heavy atom. The van der Waals surface area contributed by atoms with E-state index in [0.29, 0.717) is 6.54 Å². The Labute approximate surface area is 97.8 Å². The minimum atomic E-state index is -0.232. The Balaban J connectivity index is 4.65. The predicted octanol–water partition coefficient (Wildman–Crippen LogP) is 1.96. The number of hydrogen-bond acceptors (Lipinski definition) is 1. The third-order valence-corrected chi connectivity index (χ3v) is 2.61. The van der Waals surface area contributed by atoms with Gasteiger partial charge in [-0.1, -0.05) is 19.7 Å². The number of halogens is 1. The minimum absolute atomic E-state index is 0.00696. The van der Waals surface area contributed by atoms with Crippen molar-refractivity contribution in [3.05, 3.63) is 38.0 Å². The van der Waals surface area contributed by atoms with Gasteiger partial charge in [-0.15, -0.1) is 11.6 Å². The van der Waals surface area contributed by atoms with Gasteiger partial charge < -0.3 is 9.59 Å². The van der Waals surface area contributed by atoms with Crippen LogP contribution in [0.25, 0.3) is 0 Å². The molecule has 0 saturated carbocycles. The molecule has 0 fully saturated rings. The van der Waals surface area contributed by atoms with Crippen molar-refractivity contribution < 1.29 is 9.59 Å². The largest absolute Gasteiger partial charge is 0.395 e. The van der Waals surface area contributed by atoms with Gasteiger partial charge in [-0.3, -0.25) is 0 Å². The van der Waals surface area contributed by atoms with Crippen molar-refractivity contribution in [3.8, 4) is 0 Å². The van der Waals surface area contributed by atoms with Crippen LogP contribution < -0.4 is 0 Å². The Morgan fingerprint density at radius 2 is 1.47 bits per heavy atom. The average molecular weight is 231 g/mol. The number of nitrogens with zero attached hydrogens (tertiary/aromatic N) is 1. The zero-order valence-corrected chi connectivity index (χ0v) is 9.99. The molecule has 0 radical (unpaired) electrons. The fourth-order valence-corrected chi connectivity index (χ4v) is 2.04. The summed E-state index contributed by atoms with van der Waals surface area (Å²) in [6.07, 6.45) is 5.61. The van der Waals surface area contributed by atoms with Gasteiger partial charge in [0.05, 0.1) is 32.8 Å². The summed E-state index contributed by atoms with van der Waals surface area (Å²) in [4.78, 5) is 0. The molecule has 0 heterocycles. The highest BCUT2D eigenvalue weighted by molar-refractivity contribution is 6.20. The van der Waals surface area contributed by atoms with Crippen LogP contribution >= 0.6 is 11.6 Å². The monoisotopic (exact) mass is 230 g/mol. The highest BCUT2D eigenvalue weighted by Gasteiger charge is 2.26. The molecule has 0 spiro atoms. The Kier molecular flexibility index (Phi) is 7.39. The van der Waals surface area contributed by atoms with Gasteiger partial charge in [0, 0.05) is 0 Å². The van der Waals surface area contributed by atoms with Crippen molar-refractivity contribution in [2.45, 2.75) is 5.38 Å². The Morgan fingerprint density at radius 1 is 1.07 bits per heavy atom. The van der Waals surface area contributed by atoms with Crippen LogP contribution in [0, 0.1) is 0 Å². The molecule has 0 aromatic carbocycles. The molecule has 2 nitrogen and oxygen atoms in total. The van der Waals surface area contributed by atoms with E-state index in [2.05, 4.69) is 19.7 Å². The van der Waals surface area contributed by atoms with Crippen LogP contribution in [0.3, 0.4) is 0 Å². The number of quaternary nitrogens is 1. The van der Waals surface area contributed by atoms with Gasteiger partial charge in [0.1, 0.15) is 5.38 Å². The minimum Gasteiger partial charge on any atom is -0.395 e. The highest BCUT2D eigenvalue weighted by atomic mass is 35.5. The SMILES string of the molecule is C=CC[N+](CC=C)(CC=C)CC(Cl)CO. The van der Waals surface area contributed by atoms with Crippen molar-refractivity contribution in [2.75, 3.05) is 32.8 Å². The lowest BCUT2D eigenvalue weighted by Gasteiger charge is -2.37. The molecule has 1 atom stereocenters. The third-order valence-electron chi connectivity index (χ3n) is 2.33. The lowest BCUT2D eigenvalue weighted by atomic mass is 10.2. The number of rotatable bonds is 9. The first-order valence-electron chi connectivity index (χ1n) is 5.07. The van der Waals surface area contributed by atoms with Crippen molar-refractivity contribution >= 4 is 11.6 Å². The molecule has 0 saturated heterocycles. The molecule has 1 unspecified atom stereocenters. The van der Waals surface area contributed by atoms with Crippen LogP contribution in [0.5, 0.6) is 0 Å². The number of aliphatic hydroxyl groups is 1. The molecular weight excluding hydrogens is 210 g/mol. The molecule has 15 heavy (non-hydrogen) atoms. The summed E-state index contributed by atoms with van der Waals surface area (Å²) in [6.45, 7) is 14.4. The summed E-state index contributed by atoms with van der Waals surface area (Å²) in [5, 5.41) is 8.75. The van der Waals surface area contributed by atoms with Crippen LogP contribution in [0.1, 0.15) is 0 Å². The summed E-state index contributed by atoms with van der Waals surface area (Å²) < 4.78 is 0.727. The molecular formula is C12H21ClNO+. The smallest absolute Gasteiger partial charge is 0.106 e. The first-order chi connectivity index (χ1) is 7.14. The molecule has 86 valence electrons. The van der Waals surface area contributed by atoms with Crippen LogP contribution in [-0.4, -0.2) is 47.8 Å². The predicted molar refractivity (Wildman–Crippen MR) is 67.0 cm³/mol. The molecule has 0 rings (SSSR count). The van der Waals surface area contributed by atoms with E-state index >= 15 is 0 Å². The summed E-state index contributed by atoms with van der Waals surface area (Å²) in [5.41, 5.74) is 0. The molecule has 0 amide bonds. The molecule has 0 aliphatic rings. The van der Waals surface area contributed by atoms with E-state index in [1.54, 1.807) is 0 Å². The maximum Gasteiger partial charge on any atom is 0.106 e. The number of alkyl halides is 1. The van der Waals surface area contributed by atoms with E-state index in [0.717, 1.165) is 24.1 Å². The van der Waals surface area contributed by atoms with Gasteiger partial charge in [-0.2, -0.15) is 0 Å². The summed E-state index contributed by atoms with van der Waals surface area (Å²) in [6, 6.07) is 0. The Hall–Kier alpha value is -0.570. The maximum atomic E-state index is 8.98. The average Bonchev–Trinajstić information content (AvgIpc) is 2.18.